The second-order valence-electron chi connectivity index (χ2n) is 4.24. The number of thiophene rings is 1. The van der Waals surface area contributed by atoms with Crippen molar-refractivity contribution in [1.82, 2.24) is 0 Å². The van der Waals surface area contributed by atoms with Gasteiger partial charge in [-0.1, -0.05) is 35.8 Å². The first kappa shape index (κ1) is 14.3. The summed E-state index contributed by atoms with van der Waals surface area (Å²) in [4.78, 5) is 12.9. The average Bonchev–Trinajstić information content (AvgIpc) is 2.94. The Bertz CT molecular complexity index is 553. The van der Waals surface area contributed by atoms with E-state index >= 15 is 0 Å². The normalized spacial score (nSPS) is 10.5. The zero-order chi connectivity index (χ0) is 13.8. The molecule has 0 atom stereocenters. The van der Waals surface area contributed by atoms with E-state index in [1.165, 1.54) is 11.3 Å². The molecule has 1 heterocycles. The summed E-state index contributed by atoms with van der Waals surface area (Å²) in [6.45, 7) is 4.20. The smallest absolute Gasteiger partial charge is 0.265 e. The van der Waals surface area contributed by atoms with Crippen molar-refractivity contribution < 1.29 is 4.79 Å². The molecule has 0 saturated carbocycles. The number of carbonyl (C=O) groups excluding carboxylic acids is 1. The predicted molar refractivity (Wildman–Crippen MR) is 85.2 cm³/mol. The number of halogens is 1. The first-order valence-corrected chi connectivity index (χ1v) is 7.99. The van der Waals surface area contributed by atoms with Crippen LogP contribution in [0.25, 0.3) is 0 Å². The Labute approximate surface area is 126 Å². The standard InChI is InChI=1S/C15H16BrNOS/c1-3-10-8-12(16)9-11(4-2)14(10)17-15(18)13-6-5-7-19-13/h5-9H,3-4H2,1-2H3,(H,17,18). The number of aryl methyl sites for hydroxylation is 2. The fourth-order valence-electron chi connectivity index (χ4n) is 2.03. The van der Waals surface area contributed by atoms with Crippen LogP contribution in [0.5, 0.6) is 0 Å². The van der Waals surface area contributed by atoms with E-state index in [1.807, 2.05) is 17.5 Å². The van der Waals surface area contributed by atoms with Crippen molar-refractivity contribution in [2.24, 2.45) is 0 Å². The highest BCUT2D eigenvalue weighted by atomic mass is 79.9. The lowest BCUT2D eigenvalue weighted by atomic mass is 10.0. The Kier molecular flexibility index (Phi) is 4.77. The summed E-state index contributed by atoms with van der Waals surface area (Å²) < 4.78 is 1.07. The van der Waals surface area contributed by atoms with Crippen LogP contribution in [0, 0.1) is 0 Å². The number of hydrogen-bond acceptors (Lipinski definition) is 2. The summed E-state index contributed by atoms with van der Waals surface area (Å²) in [5.41, 5.74) is 3.29. The van der Waals surface area contributed by atoms with E-state index in [0.717, 1.165) is 39.0 Å². The van der Waals surface area contributed by atoms with Crippen LogP contribution in [0.1, 0.15) is 34.6 Å². The van der Waals surface area contributed by atoms with Crippen molar-refractivity contribution in [3.63, 3.8) is 0 Å². The molecule has 1 N–H and O–H groups in total. The Balaban J connectivity index is 2.36. The van der Waals surface area contributed by atoms with Crippen molar-refractivity contribution in [3.8, 4) is 0 Å². The number of anilines is 1. The summed E-state index contributed by atoms with van der Waals surface area (Å²) in [5, 5.41) is 4.98. The molecule has 1 aromatic carbocycles. The third-order valence-electron chi connectivity index (χ3n) is 3.01. The van der Waals surface area contributed by atoms with Crippen molar-refractivity contribution in [1.29, 1.82) is 0 Å². The van der Waals surface area contributed by atoms with Gasteiger partial charge in [0.1, 0.15) is 0 Å². The summed E-state index contributed by atoms with van der Waals surface area (Å²) in [6.07, 6.45) is 1.79. The highest BCUT2D eigenvalue weighted by Crippen LogP contribution is 2.28. The second kappa shape index (κ2) is 6.35. The van der Waals surface area contributed by atoms with Gasteiger partial charge < -0.3 is 5.32 Å². The Morgan fingerprint density at radius 3 is 2.37 bits per heavy atom. The monoisotopic (exact) mass is 337 g/mol. The SMILES string of the molecule is CCc1cc(Br)cc(CC)c1NC(=O)c1cccs1. The first-order valence-electron chi connectivity index (χ1n) is 6.31. The highest BCUT2D eigenvalue weighted by Gasteiger charge is 2.13. The lowest BCUT2D eigenvalue weighted by Gasteiger charge is -2.15. The minimum absolute atomic E-state index is 0.0262. The Morgan fingerprint density at radius 1 is 1.26 bits per heavy atom. The maximum atomic E-state index is 12.2. The van der Waals surface area contributed by atoms with Gasteiger partial charge in [-0.15, -0.1) is 11.3 Å². The van der Waals surface area contributed by atoms with E-state index in [2.05, 4.69) is 47.2 Å². The van der Waals surface area contributed by atoms with E-state index in [9.17, 15) is 4.79 Å². The van der Waals surface area contributed by atoms with Crippen molar-refractivity contribution in [2.75, 3.05) is 5.32 Å². The number of benzene rings is 1. The topological polar surface area (TPSA) is 29.1 Å². The maximum absolute atomic E-state index is 12.2. The van der Waals surface area contributed by atoms with Gasteiger partial charge in [-0.25, -0.2) is 0 Å². The summed E-state index contributed by atoms with van der Waals surface area (Å²) >= 11 is 4.98. The molecule has 1 amide bonds. The van der Waals surface area contributed by atoms with Crippen LogP contribution < -0.4 is 5.32 Å². The molecular weight excluding hydrogens is 322 g/mol. The summed E-state index contributed by atoms with van der Waals surface area (Å²) in [5.74, 6) is -0.0262. The lowest BCUT2D eigenvalue weighted by molar-refractivity contribution is 0.103. The minimum atomic E-state index is -0.0262. The number of amides is 1. The molecule has 0 spiro atoms. The number of hydrogen-bond donors (Lipinski definition) is 1. The van der Waals surface area contributed by atoms with Gasteiger partial charge in [-0.05, 0) is 47.5 Å². The van der Waals surface area contributed by atoms with Crippen LogP contribution in [-0.4, -0.2) is 5.91 Å². The summed E-state index contributed by atoms with van der Waals surface area (Å²) in [7, 11) is 0. The van der Waals surface area contributed by atoms with Gasteiger partial charge in [0.05, 0.1) is 4.88 Å². The molecule has 0 aliphatic heterocycles. The van der Waals surface area contributed by atoms with Crippen LogP contribution >= 0.6 is 27.3 Å². The van der Waals surface area contributed by atoms with Gasteiger partial charge in [-0.2, -0.15) is 0 Å². The van der Waals surface area contributed by atoms with Crippen LogP contribution in [0.3, 0.4) is 0 Å². The molecule has 0 bridgehead atoms. The molecule has 2 rings (SSSR count). The zero-order valence-corrected chi connectivity index (χ0v) is 13.4. The van der Waals surface area contributed by atoms with E-state index in [1.54, 1.807) is 0 Å². The number of nitrogens with one attached hydrogen (secondary N) is 1. The molecule has 0 aliphatic rings. The van der Waals surface area contributed by atoms with Gasteiger partial charge in [0.25, 0.3) is 5.91 Å². The minimum Gasteiger partial charge on any atom is -0.321 e. The van der Waals surface area contributed by atoms with Crippen LogP contribution in [0.4, 0.5) is 5.69 Å². The molecular formula is C15H16BrNOS. The van der Waals surface area contributed by atoms with Gasteiger partial charge >= 0.3 is 0 Å². The van der Waals surface area contributed by atoms with Crippen molar-refractivity contribution in [2.45, 2.75) is 26.7 Å². The van der Waals surface area contributed by atoms with Gasteiger partial charge in [0.2, 0.25) is 0 Å². The highest BCUT2D eigenvalue weighted by molar-refractivity contribution is 9.10. The fourth-order valence-corrected chi connectivity index (χ4v) is 3.20. The molecule has 0 radical (unpaired) electrons. The van der Waals surface area contributed by atoms with Crippen molar-refractivity contribution in [3.05, 3.63) is 50.1 Å². The molecule has 19 heavy (non-hydrogen) atoms. The summed E-state index contributed by atoms with van der Waals surface area (Å²) in [6, 6.07) is 7.88. The van der Waals surface area contributed by atoms with Crippen LogP contribution in [-0.2, 0) is 12.8 Å². The molecule has 0 fully saturated rings. The molecule has 0 unspecified atom stereocenters. The quantitative estimate of drug-likeness (QED) is 0.845. The van der Waals surface area contributed by atoms with E-state index in [0.29, 0.717) is 0 Å². The Hall–Kier alpha value is -1.13. The zero-order valence-electron chi connectivity index (χ0n) is 11.0. The van der Waals surface area contributed by atoms with E-state index in [-0.39, 0.29) is 5.91 Å². The first-order chi connectivity index (χ1) is 9.15. The molecule has 0 aliphatic carbocycles. The van der Waals surface area contributed by atoms with Gasteiger partial charge in [0.15, 0.2) is 0 Å². The van der Waals surface area contributed by atoms with Crippen LogP contribution in [0.2, 0.25) is 0 Å². The number of carbonyl (C=O) groups is 1. The Morgan fingerprint density at radius 2 is 1.89 bits per heavy atom. The molecule has 1 aromatic heterocycles. The van der Waals surface area contributed by atoms with Gasteiger partial charge in [-0.3, -0.25) is 4.79 Å². The predicted octanol–water partition coefficient (Wildman–Crippen LogP) is 4.89. The lowest BCUT2D eigenvalue weighted by Crippen LogP contribution is -2.13. The second-order valence-corrected chi connectivity index (χ2v) is 6.10. The number of rotatable bonds is 4. The third kappa shape index (κ3) is 3.25. The van der Waals surface area contributed by atoms with E-state index in [4.69, 9.17) is 0 Å². The van der Waals surface area contributed by atoms with E-state index < -0.39 is 0 Å². The van der Waals surface area contributed by atoms with Crippen LogP contribution in [0.15, 0.2) is 34.1 Å². The average molecular weight is 338 g/mol. The maximum Gasteiger partial charge on any atom is 0.265 e. The largest absolute Gasteiger partial charge is 0.321 e. The van der Waals surface area contributed by atoms with Gasteiger partial charge in [0, 0.05) is 10.2 Å². The fraction of sp³-hybridized carbons (Fsp3) is 0.267. The molecule has 0 saturated heterocycles. The molecule has 2 aromatic rings. The molecule has 100 valence electrons. The third-order valence-corrected chi connectivity index (χ3v) is 4.34. The molecule has 2 nitrogen and oxygen atoms in total. The van der Waals surface area contributed by atoms with Crippen molar-refractivity contribution >= 4 is 38.9 Å². The molecule has 4 heteroatoms.